The highest BCUT2D eigenvalue weighted by atomic mass is 127. The molecule has 0 aliphatic carbocycles. The summed E-state index contributed by atoms with van der Waals surface area (Å²) < 4.78 is 5.13. The minimum atomic E-state index is 0. The van der Waals surface area contributed by atoms with E-state index in [1.165, 1.54) is 12.8 Å². The number of nitrogens with one attached hydrogen (secondary N) is 1. The molecule has 3 N–H and O–H groups in total. The van der Waals surface area contributed by atoms with E-state index >= 15 is 0 Å². The first-order valence-electron chi connectivity index (χ1n) is 8.26. The zero-order chi connectivity index (χ0) is 17.6. The molecule has 1 saturated heterocycles. The van der Waals surface area contributed by atoms with Crippen LogP contribution in [0, 0.1) is 0 Å². The number of nitrogens with two attached hydrogens (primary N) is 1. The zero-order valence-electron chi connectivity index (χ0n) is 14.6. The summed E-state index contributed by atoms with van der Waals surface area (Å²) in [6.45, 7) is 2.63. The van der Waals surface area contributed by atoms with E-state index < -0.39 is 0 Å². The summed E-state index contributed by atoms with van der Waals surface area (Å²) in [5.74, 6) is 1.97. The molecule has 1 aromatic carbocycles. The minimum absolute atomic E-state index is 0. The van der Waals surface area contributed by atoms with Crippen molar-refractivity contribution in [3.63, 3.8) is 0 Å². The van der Waals surface area contributed by atoms with Gasteiger partial charge in [0.25, 0.3) is 0 Å². The molecule has 0 atom stereocenters. The summed E-state index contributed by atoms with van der Waals surface area (Å²) in [5.41, 5.74) is 7.81. The topological polar surface area (TPSA) is 75.8 Å². The summed E-state index contributed by atoms with van der Waals surface area (Å²) in [4.78, 5) is 11.1. The Morgan fingerprint density at radius 1 is 1.31 bits per heavy atom. The SMILES string of the molecule is COc1ccc(NC(N)=NCc2ccnc(N3CCCC3)c2)cc1Cl.I. The quantitative estimate of drug-likeness (QED) is 0.380. The smallest absolute Gasteiger partial charge is 0.193 e. The van der Waals surface area contributed by atoms with Gasteiger partial charge >= 0.3 is 0 Å². The molecule has 0 unspecified atom stereocenters. The fourth-order valence-electron chi connectivity index (χ4n) is 2.79. The number of aliphatic imine (C=N–C) groups is 1. The number of rotatable bonds is 5. The third-order valence-electron chi connectivity index (χ3n) is 4.10. The van der Waals surface area contributed by atoms with Crippen LogP contribution in [0.5, 0.6) is 5.75 Å². The van der Waals surface area contributed by atoms with Gasteiger partial charge in [0.1, 0.15) is 11.6 Å². The van der Waals surface area contributed by atoms with Gasteiger partial charge < -0.3 is 20.7 Å². The predicted octanol–water partition coefficient (Wildman–Crippen LogP) is 3.89. The largest absolute Gasteiger partial charge is 0.495 e. The van der Waals surface area contributed by atoms with Gasteiger partial charge in [-0.3, -0.25) is 0 Å². The number of halogens is 2. The van der Waals surface area contributed by atoms with Crippen molar-refractivity contribution in [1.29, 1.82) is 0 Å². The van der Waals surface area contributed by atoms with E-state index in [1.54, 1.807) is 19.2 Å². The highest BCUT2D eigenvalue weighted by Crippen LogP contribution is 2.27. The Morgan fingerprint density at radius 2 is 2.08 bits per heavy atom. The average molecular weight is 488 g/mol. The fourth-order valence-corrected chi connectivity index (χ4v) is 3.04. The minimum Gasteiger partial charge on any atom is -0.495 e. The van der Waals surface area contributed by atoms with Crippen molar-refractivity contribution in [2.75, 3.05) is 30.4 Å². The van der Waals surface area contributed by atoms with Crippen molar-refractivity contribution in [1.82, 2.24) is 4.98 Å². The van der Waals surface area contributed by atoms with E-state index in [0.717, 1.165) is 30.2 Å². The van der Waals surface area contributed by atoms with Gasteiger partial charge in [0.2, 0.25) is 0 Å². The number of hydrogen-bond acceptors (Lipinski definition) is 4. The number of guanidine groups is 1. The third-order valence-corrected chi connectivity index (χ3v) is 4.39. The van der Waals surface area contributed by atoms with E-state index in [0.29, 0.717) is 23.3 Å². The molecule has 0 spiro atoms. The fraction of sp³-hybridized carbons (Fsp3) is 0.333. The lowest BCUT2D eigenvalue weighted by atomic mass is 10.2. The van der Waals surface area contributed by atoms with Gasteiger partial charge in [0.15, 0.2) is 5.96 Å². The molecule has 2 aromatic rings. The van der Waals surface area contributed by atoms with Crippen LogP contribution in [0.1, 0.15) is 18.4 Å². The maximum absolute atomic E-state index is 6.11. The second kappa shape index (κ2) is 9.82. The van der Waals surface area contributed by atoms with Crippen molar-refractivity contribution in [2.45, 2.75) is 19.4 Å². The summed E-state index contributed by atoms with van der Waals surface area (Å²) in [6, 6.07) is 9.40. The van der Waals surface area contributed by atoms with Crippen LogP contribution in [0.3, 0.4) is 0 Å². The molecule has 0 amide bonds. The first-order chi connectivity index (χ1) is 12.2. The van der Waals surface area contributed by atoms with Crippen LogP contribution in [0.15, 0.2) is 41.5 Å². The second-order valence-electron chi connectivity index (χ2n) is 5.89. The number of benzene rings is 1. The first kappa shape index (κ1) is 20.6. The molecule has 1 aromatic heterocycles. The number of methoxy groups -OCH3 is 1. The molecule has 6 nitrogen and oxygen atoms in total. The van der Waals surface area contributed by atoms with Crippen LogP contribution in [-0.2, 0) is 6.54 Å². The van der Waals surface area contributed by atoms with Gasteiger partial charge in [-0.15, -0.1) is 24.0 Å². The lowest BCUT2D eigenvalue weighted by Gasteiger charge is -2.16. The molecule has 140 valence electrons. The number of aromatic nitrogens is 1. The van der Waals surface area contributed by atoms with Crippen molar-refractivity contribution >= 4 is 53.0 Å². The molecular weight excluding hydrogens is 465 g/mol. The zero-order valence-corrected chi connectivity index (χ0v) is 17.7. The Morgan fingerprint density at radius 3 is 2.77 bits per heavy atom. The van der Waals surface area contributed by atoms with Crippen molar-refractivity contribution in [2.24, 2.45) is 10.7 Å². The van der Waals surface area contributed by atoms with Crippen molar-refractivity contribution in [3.8, 4) is 5.75 Å². The molecule has 0 saturated carbocycles. The van der Waals surface area contributed by atoms with Gasteiger partial charge in [-0.2, -0.15) is 0 Å². The molecule has 1 fully saturated rings. The van der Waals surface area contributed by atoms with Gasteiger partial charge in [0.05, 0.1) is 18.7 Å². The molecule has 0 bridgehead atoms. The molecule has 0 radical (unpaired) electrons. The molecule has 26 heavy (non-hydrogen) atoms. The maximum atomic E-state index is 6.11. The molecular formula is C18H23ClIN5O. The normalized spacial score (nSPS) is 14.1. The van der Waals surface area contributed by atoms with E-state index in [9.17, 15) is 0 Å². The first-order valence-corrected chi connectivity index (χ1v) is 8.64. The second-order valence-corrected chi connectivity index (χ2v) is 6.30. The number of hydrogen-bond donors (Lipinski definition) is 2. The van der Waals surface area contributed by atoms with Crippen LogP contribution in [0.2, 0.25) is 5.02 Å². The lowest BCUT2D eigenvalue weighted by Crippen LogP contribution is -2.22. The highest BCUT2D eigenvalue weighted by molar-refractivity contribution is 14.0. The maximum Gasteiger partial charge on any atom is 0.193 e. The molecule has 1 aliphatic heterocycles. The Hall–Kier alpha value is -1.74. The van der Waals surface area contributed by atoms with Gasteiger partial charge in [-0.1, -0.05) is 11.6 Å². The molecule has 2 heterocycles. The monoisotopic (exact) mass is 487 g/mol. The summed E-state index contributed by atoms with van der Waals surface area (Å²) in [6.07, 6.45) is 4.28. The molecule has 1 aliphatic rings. The van der Waals surface area contributed by atoms with Crippen molar-refractivity contribution in [3.05, 3.63) is 47.1 Å². The van der Waals surface area contributed by atoms with E-state index in [-0.39, 0.29) is 24.0 Å². The van der Waals surface area contributed by atoms with Crippen LogP contribution < -0.4 is 20.7 Å². The van der Waals surface area contributed by atoms with E-state index in [4.69, 9.17) is 22.1 Å². The predicted molar refractivity (Wildman–Crippen MR) is 118 cm³/mol. The molecule has 8 heteroatoms. The van der Waals surface area contributed by atoms with Crippen LogP contribution >= 0.6 is 35.6 Å². The number of ether oxygens (including phenoxy) is 1. The number of anilines is 2. The van der Waals surface area contributed by atoms with E-state index in [2.05, 4.69) is 26.3 Å². The Bertz CT molecular complexity index is 765. The summed E-state index contributed by atoms with van der Waals surface area (Å²) in [7, 11) is 1.58. The number of pyridine rings is 1. The van der Waals surface area contributed by atoms with Gasteiger partial charge in [0, 0.05) is 25.0 Å². The highest BCUT2D eigenvalue weighted by Gasteiger charge is 2.13. The Kier molecular flexibility index (Phi) is 7.77. The lowest BCUT2D eigenvalue weighted by molar-refractivity contribution is 0.415. The van der Waals surface area contributed by atoms with Crippen molar-refractivity contribution < 1.29 is 4.74 Å². The van der Waals surface area contributed by atoms with Crippen LogP contribution in [0.4, 0.5) is 11.5 Å². The standard InChI is InChI=1S/C18H22ClN5O.HI/c1-25-16-5-4-14(11-15(16)19)23-18(20)22-12-13-6-7-21-17(10-13)24-8-2-3-9-24;/h4-7,10-11H,2-3,8-9,12H2,1H3,(H3,20,22,23);1H. The van der Waals surface area contributed by atoms with Crippen LogP contribution in [-0.4, -0.2) is 31.1 Å². The average Bonchev–Trinajstić information content (AvgIpc) is 3.15. The van der Waals surface area contributed by atoms with E-state index in [1.807, 2.05) is 18.3 Å². The summed E-state index contributed by atoms with van der Waals surface area (Å²) >= 11 is 6.11. The third kappa shape index (κ3) is 5.38. The Balaban J connectivity index is 0.00000243. The van der Waals surface area contributed by atoms with Crippen LogP contribution in [0.25, 0.3) is 0 Å². The van der Waals surface area contributed by atoms with Gasteiger partial charge in [-0.25, -0.2) is 9.98 Å². The molecule has 3 rings (SSSR count). The Labute approximate surface area is 175 Å². The van der Waals surface area contributed by atoms with Gasteiger partial charge in [-0.05, 0) is 48.7 Å². The number of nitrogens with zero attached hydrogens (tertiary/aromatic N) is 3. The summed E-state index contributed by atoms with van der Waals surface area (Å²) in [5, 5.41) is 3.55.